The molecule has 0 N–H and O–H groups in total. The van der Waals surface area contributed by atoms with Gasteiger partial charge in [-0.05, 0) is 41.8 Å². The first-order valence-electron chi connectivity index (χ1n) is 7.88. The first-order chi connectivity index (χ1) is 11.6. The lowest BCUT2D eigenvalue weighted by Crippen LogP contribution is -2.03. The van der Waals surface area contributed by atoms with Gasteiger partial charge in [0.2, 0.25) is 0 Å². The van der Waals surface area contributed by atoms with Gasteiger partial charge < -0.3 is 4.57 Å². The van der Waals surface area contributed by atoms with E-state index in [1.165, 1.54) is 6.07 Å². The van der Waals surface area contributed by atoms with Crippen molar-refractivity contribution in [2.24, 2.45) is 0 Å². The summed E-state index contributed by atoms with van der Waals surface area (Å²) in [6.45, 7) is 0.546. The molecule has 3 aromatic rings. The molecule has 24 heavy (non-hydrogen) atoms. The summed E-state index contributed by atoms with van der Waals surface area (Å²) >= 11 is 6.07. The molecule has 1 heterocycles. The van der Waals surface area contributed by atoms with E-state index < -0.39 is 0 Å². The van der Waals surface area contributed by atoms with Crippen LogP contribution in [0.25, 0.3) is 11.3 Å². The van der Waals surface area contributed by atoms with Gasteiger partial charge in [0.25, 0.3) is 0 Å². The highest BCUT2D eigenvalue weighted by Crippen LogP contribution is 2.36. The molecule has 1 aliphatic carbocycles. The van der Waals surface area contributed by atoms with E-state index in [-0.39, 0.29) is 11.6 Å². The Balaban J connectivity index is 1.87. The van der Waals surface area contributed by atoms with E-state index in [4.69, 9.17) is 11.6 Å². The second-order valence-corrected chi connectivity index (χ2v) is 6.47. The number of ketones is 1. The van der Waals surface area contributed by atoms with Crippen LogP contribution in [0.1, 0.15) is 27.9 Å². The van der Waals surface area contributed by atoms with Gasteiger partial charge in [0.1, 0.15) is 5.82 Å². The molecule has 0 bridgehead atoms. The molecule has 0 fully saturated rings. The summed E-state index contributed by atoms with van der Waals surface area (Å²) in [6.07, 6.45) is 3.03. The molecule has 0 saturated heterocycles. The fraction of sp³-hybridized carbons (Fsp3) is 0.150. The number of nitrogens with zero attached hydrogens (tertiary/aromatic N) is 1. The van der Waals surface area contributed by atoms with Crippen LogP contribution < -0.4 is 0 Å². The van der Waals surface area contributed by atoms with Crippen LogP contribution in [0.5, 0.6) is 0 Å². The monoisotopic (exact) mass is 339 g/mol. The van der Waals surface area contributed by atoms with Crippen LogP contribution in [0.4, 0.5) is 4.39 Å². The summed E-state index contributed by atoms with van der Waals surface area (Å²) in [5.41, 5.74) is 4.02. The normalized spacial score (nSPS) is 13.3. The molecule has 4 heteroatoms. The minimum atomic E-state index is -0.273. The Morgan fingerprint density at radius 1 is 1.04 bits per heavy atom. The number of halogens is 2. The molecular formula is C20H15ClFNO. The van der Waals surface area contributed by atoms with Gasteiger partial charge in [0, 0.05) is 35.3 Å². The Morgan fingerprint density at radius 2 is 1.88 bits per heavy atom. The zero-order valence-corrected chi connectivity index (χ0v) is 13.7. The van der Waals surface area contributed by atoms with Gasteiger partial charge in [-0.3, -0.25) is 4.79 Å². The average molecular weight is 340 g/mol. The van der Waals surface area contributed by atoms with Crippen molar-refractivity contribution in [1.82, 2.24) is 4.57 Å². The van der Waals surface area contributed by atoms with E-state index in [2.05, 4.69) is 0 Å². The fourth-order valence-electron chi connectivity index (χ4n) is 3.39. The van der Waals surface area contributed by atoms with Gasteiger partial charge in [-0.15, -0.1) is 0 Å². The molecule has 1 aromatic heterocycles. The third kappa shape index (κ3) is 2.55. The van der Waals surface area contributed by atoms with Crippen molar-refractivity contribution in [1.29, 1.82) is 0 Å². The number of Topliss-reactive ketones (excluding diaryl/α,β-unsaturated/α-hetero) is 1. The summed E-state index contributed by atoms with van der Waals surface area (Å²) in [4.78, 5) is 12.1. The van der Waals surface area contributed by atoms with Gasteiger partial charge in [0.05, 0.1) is 5.69 Å². The first-order valence-corrected chi connectivity index (χ1v) is 8.26. The number of benzene rings is 2. The van der Waals surface area contributed by atoms with Gasteiger partial charge in [-0.2, -0.15) is 0 Å². The van der Waals surface area contributed by atoms with Crippen LogP contribution in [0.2, 0.25) is 5.02 Å². The topological polar surface area (TPSA) is 22.0 Å². The number of aromatic nitrogens is 1. The van der Waals surface area contributed by atoms with Crippen LogP contribution in [-0.2, 0) is 13.0 Å². The van der Waals surface area contributed by atoms with E-state index in [1.807, 2.05) is 41.1 Å². The molecule has 120 valence electrons. The van der Waals surface area contributed by atoms with Crippen molar-refractivity contribution in [2.75, 3.05) is 0 Å². The Labute approximate surface area is 144 Å². The number of rotatable bonds is 3. The highest BCUT2D eigenvalue weighted by atomic mass is 35.5. The number of fused-ring (bicyclic) bond motifs is 1. The van der Waals surface area contributed by atoms with Crippen LogP contribution in [-0.4, -0.2) is 10.4 Å². The Morgan fingerprint density at radius 3 is 2.67 bits per heavy atom. The summed E-state index contributed by atoms with van der Waals surface area (Å²) in [5, 5.41) is 0.663. The maximum Gasteiger partial charge on any atom is 0.165 e. The summed E-state index contributed by atoms with van der Waals surface area (Å²) in [6, 6.07) is 14.3. The molecule has 0 saturated carbocycles. The first kappa shape index (κ1) is 15.2. The average Bonchev–Trinajstić information content (AvgIpc) is 3.08. The molecule has 0 amide bonds. The summed E-state index contributed by atoms with van der Waals surface area (Å²) < 4.78 is 16.3. The van der Waals surface area contributed by atoms with Crippen molar-refractivity contribution in [3.05, 3.63) is 82.3 Å². The molecule has 2 nitrogen and oxygen atoms in total. The van der Waals surface area contributed by atoms with Crippen LogP contribution in [0.15, 0.2) is 54.7 Å². The number of hydrogen-bond acceptors (Lipinski definition) is 1. The summed E-state index contributed by atoms with van der Waals surface area (Å²) in [7, 11) is 0. The number of hydrogen-bond donors (Lipinski definition) is 0. The zero-order chi connectivity index (χ0) is 16.7. The predicted octanol–water partition coefficient (Wildman–Crippen LogP) is 5.12. The molecule has 0 aliphatic heterocycles. The van der Waals surface area contributed by atoms with Gasteiger partial charge in [-0.25, -0.2) is 4.39 Å². The van der Waals surface area contributed by atoms with E-state index in [1.54, 1.807) is 12.1 Å². The van der Waals surface area contributed by atoms with E-state index >= 15 is 0 Å². The largest absolute Gasteiger partial charge is 0.342 e. The SMILES string of the molecule is O=C1CCc2c1cn(Cc1cccc(Cl)c1)c2-c1ccccc1F. The van der Waals surface area contributed by atoms with Crippen LogP contribution in [0, 0.1) is 5.82 Å². The lowest BCUT2D eigenvalue weighted by atomic mass is 10.1. The van der Waals surface area contributed by atoms with Crippen molar-refractivity contribution in [3.8, 4) is 11.3 Å². The summed E-state index contributed by atoms with van der Waals surface area (Å²) in [5.74, 6) is -0.141. The smallest absolute Gasteiger partial charge is 0.165 e. The Bertz CT molecular complexity index is 945. The van der Waals surface area contributed by atoms with Crippen LogP contribution in [0.3, 0.4) is 0 Å². The molecular weight excluding hydrogens is 325 g/mol. The zero-order valence-electron chi connectivity index (χ0n) is 12.9. The van der Waals surface area contributed by atoms with Crippen molar-refractivity contribution in [3.63, 3.8) is 0 Å². The third-order valence-electron chi connectivity index (χ3n) is 4.46. The minimum Gasteiger partial charge on any atom is -0.342 e. The highest BCUT2D eigenvalue weighted by Gasteiger charge is 2.28. The van der Waals surface area contributed by atoms with E-state index in [0.29, 0.717) is 30.0 Å². The van der Waals surface area contributed by atoms with Crippen LogP contribution >= 0.6 is 11.6 Å². The molecule has 0 atom stereocenters. The van der Waals surface area contributed by atoms with Crippen molar-refractivity contribution in [2.45, 2.75) is 19.4 Å². The molecule has 2 aromatic carbocycles. The Hall–Kier alpha value is -2.39. The van der Waals surface area contributed by atoms with Gasteiger partial charge >= 0.3 is 0 Å². The predicted molar refractivity (Wildman–Crippen MR) is 93.0 cm³/mol. The molecule has 4 rings (SSSR count). The lowest BCUT2D eigenvalue weighted by Gasteiger charge is -2.12. The number of carbonyl (C=O) groups is 1. The fourth-order valence-corrected chi connectivity index (χ4v) is 3.61. The second-order valence-electron chi connectivity index (χ2n) is 6.03. The standard InChI is InChI=1S/C20H15ClFNO/c21-14-5-3-4-13(10-14)11-23-12-17-15(8-9-19(17)24)20(23)16-6-1-2-7-18(16)22/h1-7,10,12H,8-9,11H2. The van der Waals surface area contributed by atoms with Gasteiger partial charge in [0.15, 0.2) is 5.78 Å². The lowest BCUT2D eigenvalue weighted by molar-refractivity contribution is 0.0994. The number of carbonyl (C=O) groups excluding carboxylic acids is 1. The maximum atomic E-state index is 14.4. The molecule has 0 radical (unpaired) electrons. The highest BCUT2D eigenvalue weighted by molar-refractivity contribution is 6.30. The van der Waals surface area contributed by atoms with Crippen molar-refractivity contribution < 1.29 is 9.18 Å². The second kappa shape index (κ2) is 5.91. The maximum absolute atomic E-state index is 14.4. The molecule has 1 aliphatic rings. The molecule has 0 spiro atoms. The Kier molecular flexibility index (Phi) is 3.73. The van der Waals surface area contributed by atoms with Gasteiger partial charge in [-0.1, -0.05) is 35.9 Å². The van der Waals surface area contributed by atoms with E-state index in [0.717, 1.165) is 22.4 Å². The quantitative estimate of drug-likeness (QED) is 0.648. The van der Waals surface area contributed by atoms with Crippen molar-refractivity contribution >= 4 is 17.4 Å². The molecule has 0 unspecified atom stereocenters. The van der Waals surface area contributed by atoms with E-state index in [9.17, 15) is 9.18 Å². The third-order valence-corrected chi connectivity index (χ3v) is 4.69. The minimum absolute atomic E-state index is 0.132.